The minimum atomic E-state index is -0.116. The molecule has 3 atom stereocenters. The van der Waals surface area contributed by atoms with Crippen molar-refractivity contribution < 1.29 is 14.3 Å². The predicted octanol–water partition coefficient (Wildman–Crippen LogP) is 1.55. The van der Waals surface area contributed by atoms with Crippen LogP contribution in [0.2, 0.25) is 0 Å². The number of ether oxygens (including phenoxy) is 1. The van der Waals surface area contributed by atoms with Crippen molar-refractivity contribution in [1.82, 2.24) is 0 Å². The van der Waals surface area contributed by atoms with Crippen molar-refractivity contribution in [2.45, 2.75) is 32.1 Å². The number of carbonyl (C=O) groups is 2. The first-order valence-corrected chi connectivity index (χ1v) is 5.33. The maximum Gasteiger partial charge on any atom is 0.308 e. The summed E-state index contributed by atoms with van der Waals surface area (Å²) in [6.45, 7) is 0. The Morgan fingerprint density at radius 2 is 2.21 bits per heavy atom. The fraction of sp³-hybridized carbons (Fsp3) is 0.818. The smallest absolute Gasteiger partial charge is 0.308 e. The second kappa shape index (κ2) is 3.71. The Bertz CT molecular complexity index is 259. The van der Waals surface area contributed by atoms with Crippen LogP contribution in [-0.2, 0) is 14.3 Å². The molecule has 78 valence electrons. The van der Waals surface area contributed by atoms with Gasteiger partial charge in [0.05, 0.1) is 13.0 Å². The first-order chi connectivity index (χ1) is 6.72. The summed E-state index contributed by atoms with van der Waals surface area (Å²) in [6.07, 6.45) is 4.42. The Balaban J connectivity index is 2.15. The van der Waals surface area contributed by atoms with Gasteiger partial charge in [-0.15, -0.1) is 0 Å². The zero-order valence-electron chi connectivity index (χ0n) is 8.49. The predicted molar refractivity (Wildman–Crippen MR) is 50.6 cm³/mol. The van der Waals surface area contributed by atoms with Crippen molar-refractivity contribution in [3.05, 3.63) is 0 Å². The van der Waals surface area contributed by atoms with Crippen molar-refractivity contribution in [2.24, 2.45) is 17.8 Å². The summed E-state index contributed by atoms with van der Waals surface area (Å²) in [7, 11) is 1.43. The monoisotopic (exact) mass is 196 g/mol. The van der Waals surface area contributed by atoms with E-state index in [2.05, 4.69) is 0 Å². The maximum absolute atomic E-state index is 11.6. The van der Waals surface area contributed by atoms with Gasteiger partial charge >= 0.3 is 5.97 Å². The Kier molecular flexibility index (Phi) is 2.57. The molecule has 3 rings (SSSR count). The molecular formula is C11H16O3. The van der Waals surface area contributed by atoms with Crippen LogP contribution in [0, 0.1) is 17.8 Å². The first kappa shape index (κ1) is 9.69. The molecule has 0 radical (unpaired) electrons. The van der Waals surface area contributed by atoms with Crippen molar-refractivity contribution in [3.63, 3.8) is 0 Å². The van der Waals surface area contributed by atoms with E-state index in [1.807, 2.05) is 0 Å². The molecule has 0 aromatic heterocycles. The molecular weight excluding hydrogens is 180 g/mol. The van der Waals surface area contributed by atoms with E-state index in [4.69, 9.17) is 4.74 Å². The van der Waals surface area contributed by atoms with Crippen LogP contribution >= 0.6 is 0 Å². The van der Waals surface area contributed by atoms with Gasteiger partial charge in [0, 0.05) is 12.3 Å². The molecule has 0 heterocycles. The fourth-order valence-corrected chi connectivity index (χ4v) is 2.85. The number of carbonyl (C=O) groups excluding carboxylic acids is 2. The van der Waals surface area contributed by atoms with Crippen molar-refractivity contribution in [2.75, 3.05) is 7.11 Å². The van der Waals surface area contributed by atoms with Crippen molar-refractivity contribution in [1.29, 1.82) is 0 Å². The van der Waals surface area contributed by atoms with Gasteiger partial charge in [0.1, 0.15) is 5.78 Å². The fourth-order valence-electron chi connectivity index (χ4n) is 2.85. The van der Waals surface area contributed by atoms with E-state index in [0.717, 1.165) is 25.7 Å². The lowest BCUT2D eigenvalue weighted by Gasteiger charge is -2.29. The lowest BCUT2D eigenvalue weighted by Crippen LogP contribution is -2.34. The molecule has 0 aliphatic heterocycles. The minimum Gasteiger partial charge on any atom is -0.469 e. The second-order valence-electron chi connectivity index (χ2n) is 4.42. The average Bonchev–Trinajstić information content (AvgIpc) is 2.48. The van der Waals surface area contributed by atoms with E-state index >= 15 is 0 Å². The van der Waals surface area contributed by atoms with Gasteiger partial charge in [0.15, 0.2) is 0 Å². The molecule has 0 amide bonds. The van der Waals surface area contributed by atoms with Gasteiger partial charge in [-0.3, -0.25) is 9.59 Å². The highest BCUT2D eigenvalue weighted by Crippen LogP contribution is 2.41. The zero-order chi connectivity index (χ0) is 10.1. The van der Waals surface area contributed by atoms with E-state index in [-0.39, 0.29) is 23.7 Å². The molecule has 3 heteroatoms. The van der Waals surface area contributed by atoms with Gasteiger partial charge in [-0.2, -0.15) is 0 Å². The van der Waals surface area contributed by atoms with Crippen LogP contribution in [0.4, 0.5) is 0 Å². The largest absolute Gasteiger partial charge is 0.469 e. The molecule has 14 heavy (non-hydrogen) atoms. The lowest BCUT2D eigenvalue weighted by molar-refractivity contribution is -0.150. The standard InChI is InChI=1S/C11H16O3/c1-14-11(13)9-5-8-4-2-3-7(9)6-10(8)12/h7-9H,2-6H2,1H3. The van der Waals surface area contributed by atoms with Crippen LogP contribution in [0.3, 0.4) is 0 Å². The molecule has 3 aliphatic rings. The summed E-state index contributed by atoms with van der Waals surface area (Å²) in [5.41, 5.74) is 0. The van der Waals surface area contributed by atoms with Crippen LogP contribution in [0.5, 0.6) is 0 Å². The molecule has 3 saturated carbocycles. The molecule has 0 aromatic carbocycles. The van der Waals surface area contributed by atoms with E-state index in [9.17, 15) is 9.59 Å². The third-order valence-electron chi connectivity index (χ3n) is 3.66. The normalized spacial score (nSPS) is 36.6. The third kappa shape index (κ3) is 1.56. The van der Waals surface area contributed by atoms with Gasteiger partial charge < -0.3 is 4.74 Å². The minimum absolute atomic E-state index is 0.00907. The lowest BCUT2D eigenvalue weighted by atomic mass is 9.75. The van der Waals surface area contributed by atoms with Crippen molar-refractivity contribution >= 4 is 11.8 Å². The Morgan fingerprint density at radius 1 is 1.43 bits per heavy atom. The van der Waals surface area contributed by atoms with E-state index < -0.39 is 0 Å². The maximum atomic E-state index is 11.6. The Hall–Kier alpha value is -0.860. The summed E-state index contributed by atoms with van der Waals surface area (Å²) in [5.74, 6) is 0.638. The van der Waals surface area contributed by atoms with Crippen LogP contribution in [0.1, 0.15) is 32.1 Å². The van der Waals surface area contributed by atoms with Crippen LogP contribution < -0.4 is 0 Å². The number of esters is 1. The molecule has 3 nitrogen and oxygen atoms in total. The third-order valence-corrected chi connectivity index (χ3v) is 3.66. The van der Waals surface area contributed by atoms with E-state index in [1.165, 1.54) is 7.11 Å². The molecule has 3 unspecified atom stereocenters. The number of rotatable bonds is 1. The van der Waals surface area contributed by atoms with Gasteiger partial charge in [-0.25, -0.2) is 0 Å². The number of fused-ring (bicyclic) bond motifs is 4. The molecule has 0 saturated heterocycles. The summed E-state index contributed by atoms with van der Waals surface area (Å²) in [5, 5.41) is 0. The Morgan fingerprint density at radius 3 is 2.93 bits per heavy atom. The quantitative estimate of drug-likeness (QED) is 0.598. The first-order valence-electron chi connectivity index (χ1n) is 5.33. The molecule has 3 fully saturated rings. The summed E-state index contributed by atoms with van der Waals surface area (Å²) in [6, 6.07) is 0. The van der Waals surface area contributed by atoms with Crippen LogP contribution in [0.15, 0.2) is 0 Å². The van der Waals surface area contributed by atoms with Crippen LogP contribution in [-0.4, -0.2) is 18.9 Å². The second-order valence-corrected chi connectivity index (χ2v) is 4.42. The van der Waals surface area contributed by atoms with Gasteiger partial charge in [-0.1, -0.05) is 6.42 Å². The Labute approximate surface area is 83.8 Å². The van der Waals surface area contributed by atoms with Gasteiger partial charge in [-0.05, 0) is 25.2 Å². The number of hydrogen-bond acceptors (Lipinski definition) is 3. The molecule has 0 aromatic rings. The zero-order valence-corrected chi connectivity index (χ0v) is 8.49. The van der Waals surface area contributed by atoms with Crippen LogP contribution in [0.25, 0.3) is 0 Å². The number of hydrogen-bond donors (Lipinski definition) is 0. The average molecular weight is 196 g/mol. The summed E-state index contributed by atoms with van der Waals surface area (Å²) in [4.78, 5) is 23.1. The highest BCUT2D eigenvalue weighted by Gasteiger charge is 2.42. The molecule has 0 N–H and O–H groups in total. The number of methoxy groups -OCH3 is 1. The number of ketones is 1. The molecule has 3 aliphatic carbocycles. The van der Waals surface area contributed by atoms with E-state index in [1.54, 1.807) is 0 Å². The highest BCUT2D eigenvalue weighted by molar-refractivity contribution is 5.85. The molecule has 2 bridgehead atoms. The van der Waals surface area contributed by atoms with Crippen molar-refractivity contribution in [3.8, 4) is 0 Å². The SMILES string of the molecule is COC(=O)C1CC2CCCC1CC2=O. The highest BCUT2D eigenvalue weighted by atomic mass is 16.5. The summed E-state index contributed by atoms with van der Waals surface area (Å²) >= 11 is 0. The topological polar surface area (TPSA) is 43.4 Å². The molecule has 0 spiro atoms. The number of Topliss-reactive ketones (excluding diaryl/α,β-unsaturated/α-hetero) is 1. The van der Waals surface area contributed by atoms with Gasteiger partial charge in [0.2, 0.25) is 0 Å². The van der Waals surface area contributed by atoms with Gasteiger partial charge in [0.25, 0.3) is 0 Å². The summed E-state index contributed by atoms with van der Waals surface area (Å²) < 4.78 is 4.78. The van der Waals surface area contributed by atoms with E-state index in [0.29, 0.717) is 12.2 Å².